The van der Waals surface area contributed by atoms with Gasteiger partial charge in [0.15, 0.2) is 0 Å². The molecule has 0 saturated heterocycles. The van der Waals surface area contributed by atoms with Crippen molar-refractivity contribution >= 4 is 12.3 Å². The lowest BCUT2D eigenvalue weighted by molar-refractivity contribution is -0.144. The summed E-state index contributed by atoms with van der Waals surface area (Å²) in [5.74, 6) is -0.519. The predicted octanol–water partition coefficient (Wildman–Crippen LogP) is -0.239. The van der Waals surface area contributed by atoms with Gasteiger partial charge in [0.1, 0.15) is 0 Å². The zero-order valence-corrected chi connectivity index (χ0v) is 6.29. The number of esters is 1. The van der Waals surface area contributed by atoms with E-state index in [1.807, 2.05) is 0 Å². The standard InChI is InChI=1S/C7H10NO3/c1-3-4-8-7(5-9)11-6(2)10/h3,7-8H,1,4H2,2H3. The van der Waals surface area contributed by atoms with Crippen LogP contribution in [0, 0.1) is 0 Å². The van der Waals surface area contributed by atoms with Crippen molar-refractivity contribution in [3.63, 3.8) is 0 Å². The summed E-state index contributed by atoms with van der Waals surface area (Å²) in [5.41, 5.74) is 0. The second-order valence-electron chi connectivity index (χ2n) is 1.80. The molecule has 1 unspecified atom stereocenters. The van der Waals surface area contributed by atoms with Crippen LogP contribution in [0.4, 0.5) is 0 Å². The zero-order valence-electron chi connectivity index (χ0n) is 6.29. The minimum Gasteiger partial charge on any atom is -0.439 e. The first-order valence-electron chi connectivity index (χ1n) is 3.10. The number of rotatable bonds is 5. The Hall–Kier alpha value is -1.16. The molecular formula is C7H10NO3. The summed E-state index contributed by atoms with van der Waals surface area (Å²) in [5, 5.41) is 2.57. The minimum atomic E-state index is -0.981. The average molecular weight is 156 g/mol. The SMILES string of the molecule is C=CCNC([C]=O)OC(C)=O. The number of carbonyl (C=O) groups excluding carboxylic acids is 2. The molecule has 0 heterocycles. The Kier molecular flexibility index (Phi) is 5.02. The Morgan fingerprint density at radius 1 is 1.91 bits per heavy atom. The van der Waals surface area contributed by atoms with E-state index >= 15 is 0 Å². The molecule has 0 amide bonds. The number of hydrogen-bond acceptors (Lipinski definition) is 4. The van der Waals surface area contributed by atoms with Crippen molar-refractivity contribution in [2.45, 2.75) is 13.2 Å². The van der Waals surface area contributed by atoms with Crippen molar-refractivity contribution in [2.24, 2.45) is 0 Å². The molecule has 0 fully saturated rings. The van der Waals surface area contributed by atoms with Crippen LogP contribution in [-0.2, 0) is 14.3 Å². The average Bonchev–Trinajstić information content (AvgIpc) is 1.97. The minimum absolute atomic E-state index is 0.396. The van der Waals surface area contributed by atoms with Gasteiger partial charge in [-0.05, 0) is 0 Å². The summed E-state index contributed by atoms with van der Waals surface area (Å²) >= 11 is 0. The summed E-state index contributed by atoms with van der Waals surface area (Å²) in [6, 6.07) is 0. The molecule has 1 atom stereocenters. The van der Waals surface area contributed by atoms with Crippen LogP contribution < -0.4 is 5.32 Å². The summed E-state index contributed by atoms with van der Waals surface area (Å²) in [4.78, 5) is 20.4. The van der Waals surface area contributed by atoms with Gasteiger partial charge in [-0.2, -0.15) is 0 Å². The number of carbonyl (C=O) groups is 1. The van der Waals surface area contributed by atoms with Gasteiger partial charge in [-0.1, -0.05) is 6.08 Å². The monoisotopic (exact) mass is 156 g/mol. The first-order chi connectivity index (χ1) is 5.20. The van der Waals surface area contributed by atoms with Gasteiger partial charge in [-0.3, -0.25) is 14.9 Å². The molecule has 0 spiro atoms. The van der Waals surface area contributed by atoms with Gasteiger partial charge < -0.3 is 4.74 Å². The lowest BCUT2D eigenvalue weighted by atomic mass is 10.5. The van der Waals surface area contributed by atoms with Gasteiger partial charge in [0.25, 0.3) is 6.29 Å². The fourth-order valence-electron chi connectivity index (χ4n) is 0.464. The molecule has 1 N–H and O–H groups in total. The molecule has 0 rings (SSSR count). The summed E-state index contributed by atoms with van der Waals surface area (Å²) in [7, 11) is 0. The Bertz CT molecular complexity index is 156. The highest BCUT2D eigenvalue weighted by molar-refractivity contribution is 5.69. The number of ether oxygens (including phenoxy) is 1. The molecule has 0 aromatic rings. The Morgan fingerprint density at radius 2 is 2.55 bits per heavy atom. The van der Waals surface area contributed by atoms with Crippen molar-refractivity contribution in [1.29, 1.82) is 0 Å². The zero-order chi connectivity index (χ0) is 8.69. The van der Waals surface area contributed by atoms with Crippen LogP contribution in [-0.4, -0.2) is 25.0 Å². The Balaban J connectivity index is 3.65. The van der Waals surface area contributed by atoms with Gasteiger partial charge >= 0.3 is 5.97 Å². The molecule has 61 valence electrons. The third-order valence-corrected chi connectivity index (χ3v) is 0.838. The first kappa shape index (κ1) is 9.84. The number of hydrogen-bond donors (Lipinski definition) is 1. The quantitative estimate of drug-likeness (QED) is 0.339. The van der Waals surface area contributed by atoms with E-state index in [9.17, 15) is 9.59 Å². The largest absolute Gasteiger partial charge is 0.439 e. The molecule has 0 aromatic carbocycles. The van der Waals surface area contributed by atoms with E-state index in [0.717, 1.165) is 0 Å². The fourth-order valence-corrected chi connectivity index (χ4v) is 0.464. The van der Waals surface area contributed by atoms with Crippen molar-refractivity contribution < 1.29 is 14.3 Å². The maximum atomic E-state index is 10.3. The van der Waals surface area contributed by atoms with Gasteiger partial charge in [0, 0.05) is 13.5 Å². The molecule has 0 aliphatic carbocycles. The van der Waals surface area contributed by atoms with E-state index in [1.165, 1.54) is 13.2 Å². The van der Waals surface area contributed by atoms with Gasteiger partial charge in [-0.25, -0.2) is 0 Å². The van der Waals surface area contributed by atoms with E-state index in [2.05, 4.69) is 16.6 Å². The van der Waals surface area contributed by atoms with Crippen LogP contribution in [0.15, 0.2) is 12.7 Å². The third-order valence-electron chi connectivity index (χ3n) is 0.838. The molecule has 0 aromatic heterocycles. The van der Waals surface area contributed by atoms with Gasteiger partial charge in [0.2, 0.25) is 6.23 Å². The second-order valence-corrected chi connectivity index (χ2v) is 1.80. The molecule has 4 heteroatoms. The van der Waals surface area contributed by atoms with Crippen molar-refractivity contribution in [3.05, 3.63) is 12.7 Å². The van der Waals surface area contributed by atoms with Crippen LogP contribution in [0.1, 0.15) is 6.92 Å². The third kappa shape index (κ3) is 5.29. The maximum Gasteiger partial charge on any atom is 0.304 e. The highest BCUT2D eigenvalue weighted by Gasteiger charge is 2.08. The molecule has 0 aliphatic heterocycles. The van der Waals surface area contributed by atoms with Gasteiger partial charge in [-0.15, -0.1) is 6.58 Å². The molecule has 0 bridgehead atoms. The van der Waals surface area contributed by atoms with E-state index in [-0.39, 0.29) is 0 Å². The fraction of sp³-hybridized carbons (Fsp3) is 0.429. The maximum absolute atomic E-state index is 10.3. The van der Waals surface area contributed by atoms with E-state index in [0.29, 0.717) is 6.54 Å². The second kappa shape index (κ2) is 5.61. The van der Waals surface area contributed by atoms with E-state index < -0.39 is 12.2 Å². The topological polar surface area (TPSA) is 55.4 Å². The Morgan fingerprint density at radius 3 is 2.91 bits per heavy atom. The smallest absolute Gasteiger partial charge is 0.304 e. The lowest BCUT2D eigenvalue weighted by Gasteiger charge is -2.08. The molecule has 1 radical (unpaired) electrons. The predicted molar refractivity (Wildman–Crippen MR) is 39.4 cm³/mol. The van der Waals surface area contributed by atoms with Crippen LogP contribution in [0.2, 0.25) is 0 Å². The van der Waals surface area contributed by atoms with Crippen LogP contribution >= 0.6 is 0 Å². The van der Waals surface area contributed by atoms with Gasteiger partial charge in [0.05, 0.1) is 0 Å². The van der Waals surface area contributed by atoms with Crippen molar-refractivity contribution in [2.75, 3.05) is 6.54 Å². The summed E-state index contributed by atoms with van der Waals surface area (Å²) in [6.45, 7) is 5.03. The van der Waals surface area contributed by atoms with Crippen molar-refractivity contribution in [3.8, 4) is 0 Å². The molecule has 11 heavy (non-hydrogen) atoms. The van der Waals surface area contributed by atoms with Crippen LogP contribution in [0.3, 0.4) is 0 Å². The first-order valence-corrected chi connectivity index (χ1v) is 3.10. The Labute approximate surface area is 65.2 Å². The normalized spacial score (nSPS) is 11.7. The van der Waals surface area contributed by atoms with Crippen molar-refractivity contribution in [1.82, 2.24) is 5.32 Å². The highest BCUT2D eigenvalue weighted by Crippen LogP contribution is 1.83. The molecule has 0 aliphatic rings. The summed E-state index contributed by atoms with van der Waals surface area (Å²) in [6.07, 6.45) is 2.08. The summed E-state index contributed by atoms with van der Waals surface area (Å²) < 4.78 is 4.48. The molecular weight excluding hydrogens is 146 g/mol. The van der Waals surface area contributed by atoms with Crippen LogP contribution in [0.25, 0.3) is 0 Å². The highest BCUT2D eigenvalue weighted by atomic mass is 16.6. The van der Waals surface area contributed by atoms with E-state index in [1.54, 1.807) is 6.08 Å². The lowest BCUT2D eigenvalue weighted by Crippen LogP contribution is -2.34. The molecule has 0 saturated carbocycles. The number of nitrogens with one attached hydrogen (secondary N) is 1. The van der Waals surface area contributed by atoms with Crippen LogP contribution in [0.5, 0.6) is 0 Å². The van der Waals surface area contributed by atoms with E-state index in [4.69, 9.17) is 0 Å². The molecule has 4 nitrogen and oxygen atoms in total.